The lowest BCUT2D eigenvalue weighted by molar-refractivity contribution is 0.110. The zero-order valence-corrected chi connectivity index (χ0v) is 11.7. The van der Waals surface area contributed by atoms with Crippen molar-refractivity contribution in [2.75, 3.05) is 46.9 Å². The molecule has 1 saturated heterocycles. The summed E-state index contributed by atoms with van der Waals surface area (Å²) in [6.07, 6.45) is 3.70. The molecule has 1 rings (SSSR count). The number of hydrogen-bond acceptors (Lipinski definition) is 4. The molecule has 1 heterocycles. The molecule has 4 heteroatoms. The Bertz CT molecular complexity index is 199. The first-order valence-electron chi connectivity index (χ1n) is 6.90. The molecule has 0 aromatic carbocycles. The fourth-order valence-electron chi connectivity index (χ4n) is 2.47. The highest BCUT2D eigenvalue weighted by Gasteiger charge is 2.22. The van der Waals surface area contributed by atoms with Gasteiger partial charge in [-0.2, -0.15) is 0 Å². The van der Waals surface area contributed by atoms with Gasteiger partial charge in [-0.05, 0) is 46.4 Å². The minimum absolute atomic E-state index is 0.232. The van der Waals surface area contributed by atoms with E-state index in [2.05, 4.69) is 36.1 Å². The van der Waals surface area contributed by atoms with Crippen LogP contribution in [0.1, 0.15) is 26.2 Å². The summed E-state index contributed by atoms with van der Waals surface area (Å²) in [5.74, 6) is 0. The molecule has 2 N–H and O–H groups in total. The molecule has 0 aliphatic carbocycles. The molecule has 0 bridgehead atoms. The number of rotatable bonds is 7. The van der Waals surface area contributed by atoms with Crippen molar-refractivity contribution in [1.82, 2.24) is 15.1 Å². The van der Waals surface area contributed by atoms with E-state index >= 15 is 0 Å². The van der Waals surface area contributed by atoms with Crippen LogP contribution in [-0.2, 0) is 0 Å². The molecule has 2 unspecified atom stereocenters. The number of nitrogens with one attached hydrogen (secondary N) is 1. The topological polar surface area (TPSA) is 38.7 Å². The molecule has 17 heavy (non-hydrogen) atoms. The average Bonchev–Trinajstić information content (AvgIpc) is 2.34. The third-order valence-electron chi connectivity index (χ3n) is 3.59. The molecule has 0 spiro atoms. The second-order valence-corrected chi connectivity index (χ2v) is 5.35. The van der Waals surface area contributed by atoms with Crippen molar-refractivity contribution in [2.45, 2.75) is 38.3 Å². The van der Waals surface area contributed by atoms with Crippen LogP contribution in [0.4, 0.5) is 0 Å². The summed E-state index contributed by atoms with van der Waals surface area (Å²) in [4.78, 5) is 4.80. The van der Waals surface area contributed by atoms with Crippen molar-refractivity contribution < 1.29 is 5.11 Å². The summed E-state index contributed by atoms with van der Waals surface area (Å²) in [7, 11) is 4.32. The van der Waals surface area contributed by atoms with Gasteiger partial charge in [0, 0.05) is 25.2 Å². The summed E-state index contributed by atoms with van der Waals surface area (Å²) >= 11 is 0. The molecule has 1 fully saturated rings. The number of aliphatic hydroxyl groups is 1. The predicted molar refractivity (Wildman–Crippen MR) is 72.3 cm³/mol. The second-order valence-electron chi connectivity index (χ2n) is 5.35. The Morgan fingerprint density at radius 1 is 1.47 bits per heavy atom. The van der Waals surface area contributed by atoms with E-state index in [1.807, 2.05) is 0 Å². The molecule has 1 aliphatic heterocycles. The number of piperidine rings is 1. The van der Waals surface area contributed by atoms with Crippen molar-refractivity contribution in [3.63, 3.8) is 0 Å². The largest absolute Gasteiger partial charge is 0.395 e. The van der Waals surface area contributed by atoms with Crippen LogP contribution in [0.25, 0.3) is 0 Å². The van der Waals surface area contributed by atoms with Crippen LogP contribution in [0.2, 0.25) is 0 Å². The van der Waals surface area contributed by atoms with Gasteiger partial charge in [-0.25, -0.2) is 0 Å². The first-order valence-corrected chi connectivity index (χ1v) is 6.90. The molecule has 2 atom stereocenters. The monoisotopic (exact) mass is 243 g/mol. The fraction of sp³-hybridized carbons (Fsp3) is 1.00. The summed E-state index contributed by atoms with van der Waals surface area (Å²) in [6.45, 7) is 6.68. The maximum atomic E-state index is 9.36. The number of likely N-dealkylation sites (N-methyl/N-ethyl adjacent to an activating group) is 1. The molecule has 102 valence electrons. The van der Waals surface area contributed by atoms with Gasteiger partial charge in [0.2, 0.25) is 0 Å². The van der Waals surface area contributed by atoms with Gasteiger partial charge in [0.05, 0.1) is 6.61 Å². The highest BCUT2D eigenvalue weighted by molar-refractivity contribution is 4.81. The molecule has 0 amide bonds. The lowest BCUT2D eigenvalue weighted by atomic mass is 10.0. The van der Waals surface area contributed by atoms with Gasteiger partial charge in [0.15, 0.2) is 0 Å². The van der Waals surface area contributed by atoms with Crippen molar-refractivity contribution in [2.24, 2.45) is 0 Å². The number of aliphatic hydroxyl groups excluding tert-OH is 1. The highest BCUT2D eigenvalue weighted by Crippen LogP contribution is 2.13. The van der Waals surface area contributed by atoms with Crippen LogP contribution < -0.4 is 5.32 Å². The number of hydrogen-bond donors (Lipinski definition) is 2. The standard InChI is InChI=1S/C13H29N3O/c1-4-7-14-12(11-17)9-16-8-5-6-13(10-16)15(2)3/h12-14,17H,4-11H2,1-3H3. The smallest absolute Gasteiger partial charge is 0.0597 e. The van der Waals surface area contributed by atoms with Gasteiger partial charge in [0.25, 0.3) is 0 Å². The summed E-state index contributed by atoms with van der Waals surface area (Å²) in [5, 5.41) is 12.8. The van der Waals surface area contributed by atoms with E-state index in [-0.39, 0.29) is 12.6 Å². The molecule has 0 aromatic rings. The Hall–Kier alpha value is -0.160. The molecule has 0 saturated carbocycles. The normalized spacial score (nSPS) is 24.2. The lowest BCUT2D eigenvalue weighted by Crippen LogP contribution is -2.50. The zero-order valence-electron chi connectivity index (χ0n) is 11.7. The van der Waals surface area contributed by atoms with Crippen LogP contribution in [0.15, 0.2) is 0 Å². The third-order valence-corrected chi connectivity index (χ3v) is 3.59. The van der Waals surface area contributed by atoms with E-state index in [9.17, 15) is 5.11 Å². The molecule has 0 radical (unpaired) electrons. The molecular formula is C13H29N3O. The summed E-state index contributed by atoms with van der Waals surface area (Å²) < 4.78 is 0. The number of nitrogens with zero attached hydrogens (tertiary/aromatic N) is 2. The minimum Gasteiger partial charge on any atom is -0.395 e. The van der Waals surface area contributed by atoms with Crippen LogP contribution in [0.3, 0.4) is 0 Å². The van der Waals surface area contributed by atoms with Gasteiger partial charge in [0.1, 0.15) is 0 Å². The maximum absolute atomic E-state index is 9.36. The molecule has 0 aromatic heterocycles. The van der Waals surface area contributed by atoms with Gasteiger partial charge >= 0.3 is 0 Å². The van der Waals surface area contributed by atoms with Crippen molar-refractivity contribution in [3.05, 3.63) is 0 Å². The average molecular weight is 243 g/mol. The fourth-order valence-corrected chi connectivity index (χ4v) is 2.47. The van der Waals surface area contributed by atoms with Crippen LogP contribution in [-0.4, -0.2) is 73.9 Å². The minimum atomic E-state index is 0.232. The number of likely N-dealkylation sites (tertiary alicyclic amines) is 1. The second kappa shape index (κ2) is 8.03. The first kappa shape index (κ1) is 14.9. The summed E-state index contributed by atoms with van der Waals surface area (Å²) in [5.41, 5.74) is 0. The van der Waals surface area contributed by atoms with E-state index < -0.39 is 0 Å². The van der Waals surface area contributed by atoms with E-state index in [1.54, 1.807) is 0 Å². The Labute approximate surface area is 106 Å². The highest BCUT2D eigenvalue weighted by atomic mass is 16.3. The first-order chi connectivity index (χ1) is 8.17. The van der Waals surface area contributed by atoms with Crippen LogP contribution in [0, 0.1) is 0 Å². The Balaban J connectivity index is 2.33. The van der Waals surface area contributed by atoms with Gasteiger partial charge in [-0.1, -0.05) is 6.92 Å². The summed E-state index contributed by atoms with van der Waals surface area (Å²) in [6, 6.07) is 0.908. The Morgan fingerprint density at radius 3 is 2.82 bits per heavy atom. The van der Waals surface area contributed by atoms with Gasteiger partial charge in [-0.3, -0.25) is 0 Å². The molecule has 1 aliphatic rings. The van der Waals surface area contributed by atoms with Gasteiger partial charge < -0.3 is 20.2 Å². The lowest BCUT2D eigenvalue weighted by Gasteiger charge is -2.37. The molecular weight excluding hydrogens is 214 g/mol. The quantitative estimate of drug-likeness (QED) is 0.678. The van der Waals surface area contributed by atoms with E-state index in [0.717, 1.165) is 26.1 Å². The predicted octanol–water partition coefficient (Wildman–Crippen LogP) is 0.373. The third kappa shape index (κ3) is 5.34. The Kier molecular flexibility index (Phi) is 7.04. The zero-order chi connectivity index (χ0) is 12.7. The Morgan fingerprint density at radius 2 is 2.24 bits per heavy atom. The van der Waals surface area contributed by atoms with Crippen LogP contribution >= 0.6 is 0 Å². The van der Waals surface area contributed by atoms with Gasteiger partial charge in [-0.15, -0.1) is 0 Å². The molecule has 4 nitrogen and oxygen atoms in total. The van der Waals surface area contributed by atoms with E-state index in [0.29, 0.717) is 6.04 Å². The van der Waals surface area contributed by atoms with E-state index in [4.69, 9.17) is 0 Å². The van der Waals surface area contributed by atoms with Crippen molar-refractivity contribution in [1.29, 1.82) is 0 Å². The SMILES string of the molecule is CCCNC(CO)CN1CCCC(N(C)C)C1. The van der Waals surface area contributed by atoms with Crippen molar-refractivity contribution >= 4 is 0 Å². The van der Waals surface area contributed by atoms with E-state index in [1.165, 1.54) is 19.4 Å². The maximum Gasteiger partial charge on any atom is 0.0597 e. The van der Waals surface area contributed by atoms with Crippen molar-refractivity contribution in [3.8, 4) is 0 Å². The van der Waals surface area contributed by atoms with Crippen LogP contribution in [0.5, 0.6) is 0 Å².